The van der Waals surface area contributed by atoms with Gasteiger partial charge in [0.2, 0.25) is 0 Å². The van der Waals surface area contributed by atoms with Gasteiger partial charge in [0, 0.05) is 34.0 Å². The number of hydrogen-bond donors (Lipinski definition) is 0. The summed E-state index contributed by atoms with van der Waals surface area (Å²) in [7, 11) is 0. The molecule has 0 bridgehead atoms. The maximum atomic E-state index is 13.5. The summed E-state index contributed by atoms with van der Waals surface area (Å²) in [6.45, 7) is 9.38. The summed E-state index contributed by atoms with van der Waals surface area (Å²) in [6.07, 6.45) is 8.12. The summed E-state index contributed by atoms with van der Waals surface area (Å²) in [5, 5.41) is 0. The van der Waals surface area contributed by atoms with Gasteiger partial charge in [-0.1, -0.05) is 66.2 Å². The average Bonchev–Trinajstić information content (AvgIpc) is 3.94. The van der Waals surface area contributed by atoms with Crippen LogP contribution in [0, 0.1) is 11.8 Å². The van der Waals surface area contributed by atoms with E-state index in [2.05, 4.69) is 45.2 Å². The van der Waals surface area contributed by atoms with E-state index in [-0.39, 0.29) is 35.5 Å². The van der Waals surface area contributed by atoms with Crippen molar-refractivity contribution in [2.24, 2.45) is 20.6 Å². The molecule has 6 heterocycles. The normalized spacial score (nSPS) is 16.3. The largest absolute Gasteiger partial charge is 0.273 e. The fourth-order valence-corrected chi connectivity index (χ4v) is 10.2. The molecule has 0 fully saturated rings. The highest BCUT2D eigenvalue weighted by molar-refractivity contribution is 7.58. The standard InChI is InChI=1S/C34H36N6O4S4/c1-5-9-11-17(7-3)15-39-31(41)19-13-21(45-29(19)33(39)43)23-25-27(37-47-35-25)24(28-26(23)36-48-38-28)22-14-20-30(46-22)34(44)40(32(20)42)16-18(8-4)12-10-6-2/h13-14,17-18H,5-12,15-16H2,1-4H3. The van der Waals surface area contributed by atoms with E-state index in [1.165, 1.54) is 32.5 Å². The summed E-state index contributed by atoms with van der Waals surface area (Å²) in [5.74, 6) is -0.429. The Balaban J connectivity index is 1.22. The molecule has 10 nitrogen and oxygen atoms in total. The number of imide groups is 2. The third-order valence-electron chi connectivity index (χ3n) is 9.68. The minimum Gasteiger partial charge on any atom is -0.273 e. The van der Waals surface area contributed by atoms with Crippen LogP contribution >= 0.6 is 34.4 Å². The minimum absolute atomic E-state index is 0.245. The average molecular weight is 721 g/mol. The van der Waals surface area contributed by atoms with Gasteiger partial charge in [-0.3, -0.25) is 29.0 Å². The van der Waals surface area contributed by atoms with E-state index in [0.29, 0.717) is 77.3 Å². The number of unbranched alkanes of at least 4 members (excludes halogenated alkanes) is 2. The smallest absolute Gasteiger partial charge is 0.271 e. The highest BCUT2D eigenvalue weighted by Gasteiger charge is 2.42. The molecule has 0 spiro atoms. The number of aromatic nitrogens is 2. The molecule has 4 aromatic rings. The number of rotatable bonds is 14. The number of amides is 4. The number of carbonyl (C=O) groups is 4. The van der Waals surface area contributed by atoms with Crippen molar-refractivity contribution in [3.05, 3.63) is 33.0 Å². The molecule has 3 aliphatic rings. The molecule has 3 aromatic heterocycles. The molecular formula is C34H36N6O4S4. The number of thiophene rings is 2. The Bertz CT molecular complexity index is 1850. The van der Waals surface area contributed by atoms with E-state index in [1.807, 2.05) is 0 Å². The lowest BCUT2D eigenvalue weighted by molar-refractivity contribution is 0.0610. The van der Waals surface area contributed by atoms with E-state index in [9.17, 15) is 19.2 Å². The first-order chi connectivity index (χ1) is 23.3. The van der Waals surface area contributed by atoms with E-state index in [1.54, 1.807) is 12.1 Å². The van der Waals surface area contributed by atoms with Crippen molar-refractivity contribution in [1.82, 2.24) is 18.5 Å². The molecule has 0 radical (unpaired) electrons. The summed E-state index contributed by atoms with van der Waals surface area (Å²) < 4.78 is 18.6. The highest BCUT2D eigenvalue weighted by atomic mass is 32.1. The van der Waals surface area contributed by atoms with Crippen LogP contribution in [0.4, 0.5) is 11.4 Å². The second-order valence-electron chi connectivity index (χ2n) is 12.7. The Hall–Kier alpha value is -3.46. The molecule has 3 aliphatic heterocycles. The molecule has 0 aliphatic carbocycles. The van der Waals surface area contributed by atoms with Gasteiger partial charge in [-0.05, 0) is 36.8 Å². The molecule has 2 atom stereocenters. The molecule has 0 N–H and O–H groups in total. The molecule has 4 amide bonds. The number of benzene rings is 1. The molecule has 0 saturated heterocycles. The van der Waals surface area contributed by atoms with Gasteiger partial charge in [0.05, 0.1) is 34.2 Å². The van der Waals surface area contributed by atoms with Gasteiger partial charge in [0.1, 0.15) is 32.2 Å². The van der Waals surface area contributed by atoms with E-state index >= 15 is 0 Å². The predicted molar refractivity (Wildman–Crippen MR) is 193 cm³/mol. The fourth-order valence-electron chi connectivity index (χ4n) is 6.79. The maximum Gasteiger partial charge on any atom is 0.271 e. The second-order valence-corrected chi connectivity index (χ2v) is 15.8. The minimum atomic E-state index is -0.253. The van der Waals surface area contributed by atoms with Crippen LogP contribution in [0.5, 0.6) is 0 Å². The van der Waals surface area contributed by atoms with Crippen LogP contribution < -0.4 is 0 Å². The van der Waals surface area contributed by atoms with Crippen molar-refractivity contribution >= 4 is 91.8 Å². The Morgan fingerprint density at radius 2 is 1.08 bits per heavy atom. The van der Waals surface area contributed by atoms with E-state index in [0.717, 1.165) is 74.4 Å². The van der Waals surface area contributed by atoms with Gasteiger partial charge < -0.3 is 0 Å². The van der Waals surface area contributed by atoms with Crippen LogP contribution in [0.25, 0.3) is 31.9 Å². The predicted octanol–water partition coefficient (Wildman–Crippen LogP) is 9.50. The molecule has 250 valence electrons. The van der Waals surface area contributed by atoms with Crippen molar-refractivity contribution in [3.8, 4) is 20.9 Å². The molecular weight excluding hydrogens is 685 g/mol. The zero-order chi connectivity index (χ0) is 33.7. The summed E-state index contributed by atoms with van der Waals surface area (Å²) in [6, 6.07) is 3.57. The van der Waals surface area contributed by atoms with Gasteiger partial charge in [-0.2, -0.15) is 17.5 Å². The third kappa shape index (κ3) is 5.40. The van der Waals surface area contributed by atoms with Crippen LogP contribution in [0.3, 0.4) is 0 Å². The van der Waals surface area contributed by atoms with Crippen LogP contribution in [0.1, 0.15) is 119 Å². The Morgan fingerprint density at radius 1 is 0.646 bits per heavy atom. The summed E-state index contributed by atoms with van der Waals surface area (Å²) in [5.41, 5.74) is 4.56. The molecule has 1 aromatic carbocycles. The Labute approximate surface area is 294 Å². The second kappa shape index (κ2) is 13.4. The van der Waals surface area contributed by atoms with Crippen molar-refractivity contribution in [1.29, 1.82) is 0 Å². The van der Waals surface area contributed by atoms with Crippen molar-refractivity contribution in [2.75, 3.05) is 13.1 Å². The number of carbonyl (C=O) groups excluding carboxylic acids is 4. The lowest BCUT2D eigenvalue weighted by Crippen LogP contribution is -2.34. The monoisotopic (exact) mass is 720 g/mol. The first-order valence-corrected chi connectivity index (χ1v) is 19.8. The van der Waals surface area contributed by atoms with Crippen LogP contribution in [0.15, 0.2) is 20.9 Å². The molecule has 14 heteroatoms. The SMILES string of the molecule is CCCCC(CC)CN1C(=O)c2cc(-c3c4c(c(-c5cc6c(s5)C(=O)N(CC(CC)CCCC)C6=O)c5nsnc35)N=S=N4)sc2C1=O. The van der Waals surface area contributed by atoms with Crippen LogP contribution in [-0.2, 0) is 11.4 Å². The quantitative estimate of drug-likeness (QED) is 0.105. The summed E-state index contributed by atoms with van der Waals surface area (Å²) >= 11 is 4.67. The number of nitrogens with zero attached hydrogens (tertiary/aromatic N) is 6. The Morgan fingerprint density at radius 3 is 1.46 bits per heavy atom. The molecule has 7 rings (SSSR count). The highest BCUT2D eigenvalue weighted by Crippen LogP contribution is 2.55. The first-order valence-electron chi connectivity index (χ1n) is 16.7. The van der Waals surface area contributed by atoms with Gasteiger partial charge in [-0.15, -0.1) is 22.7 Å². The lowest BCUT2D eigenvalue weighted by Gasteiger charge is -2.21. The zero-order valence-corrected chi connectivity index (χ0v) is 30.6. The van der Waals surface area contributed by atoms with Crippen molar-refractivity contribution in [3.63, 3.8) is 0 Å². The first kappa shape index (κ1) is 33.1. The van der Waals surface area contributed by atoms with Crippen LogP contribution in [-0.4, -0.2) is 55.3 Å². The number of hydrogen-bond acceptors (Lipinski definition) is 11. The lowest BCUT2D eigenvalue weighted by atomic mass is 9.98. The third-order valence-corrected chi connectivity index (χ3v) is 13.0. The van der Waals surface area contributed by atoms with E-state index < -0.39 is 0 Å². The molecule has 0 saturated carbocycles. The van der Waals surface area contributed by atoms with Crippen molar-refractivity contribution in [2.45, 2.75) is 79.1 Å². The topological polar surface area (TPSA) is 125 Å². The number of fused-ring (bicyclic) bond motifs is 4. The van der Waals surface area contributed by atoms with E-state index in [4.69, 9.17) is 0 Å². The fraction of sp³-hybridized carbons (Fsp3) is 0.471. The van der Waals surface area contributed by atoms with Crippen molar-refractivity contribution < 1.29 is 19.2 Å². The maximum absolute atomic E-state index is 13.5. The molecule has 48 heavy (non-hydrogen) atoms. The van der Waals surface area contributed by atoms with Gasteiger partial charge in [0.25, 0.3) is 23.6 Å². The zero-order valence-electron chi connectivity index (χ0n) is 27.3. The summed E-state index contributed by atoms with van der Waals surface area (Å²) in [4.78, 5) is 59.2. The van der Waals surface area contributed by atoms with Gasteiger partial charge in [-0.25, -0.2) is 0 Å². The van der Waals surface area contributed by atoms with Gasteiger partial charge in [0.15, 0.2) is 0 Å². The Kier molecular flexibility index (Phi) is 9.26. The molecule has 2 unspecified atom stereocenters. The van der Waals surface area contributed by atoms with Crippen LogP contribution in [0.2, 0.25) is 0 Å². The van der Waals surface area contributed by atoms with Gasteiger partial charge >= 0.3 is 0 Å².